The lowest BCUT2D eigenvalue weighted by Gasteiger charge is -2.18. The van der Waals surface area contributed by atoms with Crippen LogP contribution in [0.15, 0.2) is 30.6 Å². The molecule has 1 heterocycles. The first kappa shape index (κ1) is 16.5. The molecule has 23 heavy (non-hydrogen) atoms. The number of nitrogens with one attached hydrogen (secondary N) is 1. The molecule has 0 unspecified atom stereocenters. The van der Waals surface area contributed by atoms with Crippen molar-refractivity contribution in [1.82, 2.24) is 9.97 Å². The van der Waals surface area contributed by atoms with Gasteiger partial charge in [-0.05, 0) is 6.92 Å². The molecule has 122 valence electrons. The minimum atomic E-state index is -0.168. The van der Waals surface area contributed by atoms with E-state index in [-0.39, 0.29) is 12.5 Å². The molecule has 0 spiro atoms. The number of methoxy groups -OCH3 is 2. The van der Waals surface area contributed by atoms with Gasteiger partial charge in [0.15, 0.2) is 0 Å². The molecule has 0 aliphatic carbocycles. The fraction of sp³-hybridized carbons (Fsp3) is 0.312. The molecule has 1 aromatic heterocycles. The van der Waals surface area contributed by atoms with Crippen molar-refractivity contribution < 1.29 is 14.3 Å². The summed E-state index contributed by atoms with van der Waals surface area (Å²) in [6.45, 7) is 2.04. The van der Waals surface area contributed by atoms with Crippen LogP contribution in [-0.4, -0.2) is 43.7 Å². The van der Waals surface area contributed by atoms with Crippen LogP contribution in [0, 0.1) is 6.92 Å². The Morgan fingerprint density at radius 2 is 1.78 bits per heavy atom. The molecule has 0 aliphatic rings. The summed E-state index contributed by atoms with van der Waals surface area (Å²) in [5, 5.41) is 2.82. The van der Waals surface area contributed by atoms with E-state index in [0.29, 0.717) is 23.0 Å². The van der Waals surface area contributed by atoms with Gasteiger partial charge in [-0.1, -0.05) is 0 Å². The SMILES string of the molecule is COc1cc(NC(=O)CN(C)c2cc(C)ncn2)cc(OC)c1. The standard InChI is InChI=1S/C16H20N4O3/c1-11-5-15(18-10-17-11)20(2)9-16(21)19-12-6-13(22-3)8-14(7-12)23-4/h5-8,10H,9H2,1-4H3,(H,19,21). The van der Waals surface area contributed by atoms with Crippen molar-refractivity contribution >= 4 is 17.4 Å². The van der Waals surface area contributed by atoms with Crippen LogP contribution < -0.4 is 19.7 Å². The van der Waals surface area contributed by atoms with Gasteiger partial charge in [-0.2, -0.15) is 0 Å². The molecule has 1 N–H and O–H groups in total. The van der Waals surface area contributed by atoms with Gasteiger partial charge in [0.2, 0.25) is 5.91 Å². The molecule has 2 aromatic rings. The zero-order valence-electron chi connectivity index (χ0n) is 13.7. The van der Waals surface area contributed by atoms with E-state index in [9.17, 15) is 4.79 Å². The molecule has 2 rings (SSSR count). The van der Waals surface area contributed by atoms with Crippen LogP contribution in [0.1, 0.15) is 5.69 Å². The molecular weight excluding hydrogens is 296 g/mol. The molecule has 0 bridgehead atoms. The van der Waals surface area contributed by atoms with Gasteiger partial charge in [0.05, 0.1) is 20.8 Å². The zero-order valence-corrected chi connectivity index (χ0v) is 13.7. The van der Waals surface area contributed by atoms with E-state index in [4.69, 9.17) is 9.47 Å². The molecule has 0 aliphatic heterocycles. The maximum atomic E-state index is 12.2. The van der Waals surface area contributed by atoms with Crippen molar-refractivity contribution in [3.05, 3.63) is 36.3 Å². The number of likely N-dealkylation sites (N-methyl/N-ethyl adjacent to an activating group) is 1. The summed E-state index contributed by atoms with van der Waals surface area (Å²) in [5.41, 5.74) is 1.46. The largest absolute Gasteiger partial charge is 0.497 e. The molecule has 0 radical (unpaired) electrons. The second-order valence-corrected chi connectivity index (χ2v) is 5.02. The topological polar surface area (TPSA) is 76.6 Å². The normalized spacial score (nSPS) is 10.1. The van der Waals surface area contributed by atoms with Gasteiger partial charge in [0, 0.05) is 42.7 Å². The van der Waals surface area contributed by atoms with Gasteiger partial charge >= 0.3 is 0 Å². The number of nitrogens with zero attached hydrogens (tertiary/aromatic N) is 3. The number of benzene rings is 1. The first-order valence-electron chi connectivity index (χ1n) is 7.04. The summed E-state index contributed by atoms with van der Waals surface area (Å²) in [6, 6.07) is 7.03. The highest BCUT2D eigenvalue weighted by atomic mass is 16.5. The van der Waals surface area contributed by atoms with Crippen molar-refractivity contribution in [1.29, 1.82) is 0 Å². The van der Waals surface area contributed by atoms with Crippen molar-refractivity contribution in [2.24, 2.45) is 0 Å². The lowest BCUT2D eigenvalue weighted by Crippen LogP contribution is -2.30. The monoisotopic (exact) mass is 316 g/mol. The van der Waals surface area contributed by atoms with Crippen LogP contribution >= 0.6 is 0 Å². The molecule has 0 saturated heterocycles. The third-order valence-corrected chi connectivity index (χ3v) is 3.20. The Morgan fingerprint density at radius 3 is 2.35 bits per heavy atom. The molecule has 0 fully saturated rings. The minimum absolute atomic E-state index is 0.163. The van der Waals surface area contributed by atoms with Crippen molar-refractivity contribution in [3.8, 4) is 11.5 Å². The van der Waals surface area contributed by atoms with Crippen LogP contribution in [0.4, 0.5) is 11.5 Å². The average molecular weight is 316 g/mol. The highest BCUT2D eigenvalue weighted by molar-refractivity contribution is 5.94. The highest BCUT2D eigenvalue weighted by Crippen LogP contribution is 2.25. The number of aryl methyl sites for hydroxylation is 1. The molecule has 7 heteroatoms. The molecule has 1 amide bonds. The Kier molecular flexibility index (Phi) is 5.35. The second-order valence-electron chi connectivity index (χ2n) is 5.02. The average Bonchev–Trinajstić information content (AvgIpc) is 2.54. The predicted octanol–water partition coefficient (Wildman–Crippen LogP) is 1.88. The summed E-state index contributed by atoms with van der Waals surface area (Å²) in [4.78, 5) is 22.1. The second kappa shape index (κ2) is 7.44. The highest BCUT2D eigenvalue weighted by Gasteiger charge is 2.10. The number of anilines is 2. The Morgan fingerprint density at radius 1 is 1.13 bits per heavy atom. The molecular formula is C16H20N4O3. The number of hydrogen-bond acceptors (Lipinski definition) is 6. The Bertz CT molecular complexity index is 669. The summed E-state index contributed by atoms with van der Waals surface area (Å²) in [5.74, 6) is 1.74. The van der Waals surface area contributed by atoms with Gasteiger partial charge in [0.1, 0.15) is 23.6 Å². The molecule has 0 saturated carbocycles. The molecule has 0 atom stereocenters. The summed E-state index contributed by atoms with van der Waals surface area (Å²) in [6.07, 6.45) is 1.48. The lowest BCUT2D eigenvalue weighted by atomic mass is 10.2. The number of rotatable bonds is 6. The van der Waals surface area contributed by atoms with E-state index >= 15 is 0 Å². The summed E-state index contributed by atoms with van der Waals surface area (Å²) < 4.78 is 10.4. The van der Waals surface area contributed by atoms with Gasteiger partial charge in [-0.3, -0.25) is 4.79 Å². The number of carbonyl (C=O) groups is 1. The zero-order chi connectivity index (χ0) is 16.8. The first-order chi connectivity index (χ1) is 11.0. The van der Waals surface area contributed by atoms with E-state index in [1.54, 1.807) is 44.4 Å². The molecule has 7 nitrogen and oxygen atoms in total. The maximum absolute atomic E-state index is 12.2. The van der Waals surface area contributed by atoms with Gasteiger partial charge < -0.3 is 19.7 Å². The van der Waals surface area contributed by atoms with E-state index in [0.717, 1.165) is 5.69 Å². The van der Waals surface area contributed by atoms with Gasteiger partial charge in [-0.25, -0.2) is 9.97 Å². The summed E-state index contributed by atoms with van der Waals surface area (Å²) in [7, 11) is 4.92. The first-order valence-corrected chi connectivity index (χ1v) is 7.04. The quantitative estimate of drug-likeness (QED) is 0.877. The minimum Gasteiger partial charge on any atom is -0.497 e. The number of carbonyl (C=O) groups excluding carboxylic acids is 1. The number of aromatic nitrogens is 2. The van der Waals surface area contributed by atoms with E-state index in [1.807, 2.05) is 13.0 Å². The number of ether oxygens (including phenoxy) is 2. The fourth-order valence-corrected chi connectivity index (χ4v) is 2.03. The van der Waals surface area contributed by atoms with Crippen LogP contribution in [0.3, 0.4) is 0 Å². The van der Waals surface area contributed by atoms with Crippen LogP contribution in [0.5, 0.6) is 11.5 Å². The van der Waals surface area contributed by atoms with E-state index in [2.05, 4.69) is 15.3 Å². The van der Waals surface area contributed by atoms with Crippen LogP contribution in [-0.2, 0) is 4.79 Å². The van der Waals surface area contributed by atoms with Gasteiger partial charge in [0.25, 0.3) is 0 Å². The Labute approximate surface area is 135 Å². The van der Waals surface area contributed by atoms with Crippen molar-refractivity contribution in [2.45, 2.75) is 6.92 Å². The summed E-state index contributed by atoms with van der Waals surface area (Å²) >= 11 is 0. The van der Waals surface area contributed by atoms with Crippen LogP contribution in [0.25, 0.3) is 0 Å². The van der Waals surface area contributed by atoms with Gasteiger partial charge in [-0.15, -0.1) is 0 Å². The van der Waals surface area contributed by atoms with E-state index < -0.39 is 0 Å². The third kappa shape index (κ3) is 4.57. The maximum Gasteiger partial charge on any atom is 0.243 e. The number of amides is 1. The molecule has 1 aromatic carbocycles. The third-order valence-electron chi connectivity index (χ3n) is 3.20. The van der Waals surface area contributed by atoms with Crippen molar-refractivity contribution in [2.75, 3.05) is 38.0 Å². The van der Waals surface area contributed by atoms with E-state index in [1.165, 1.54) is 6.33 Å². The lowest BCUT2D eigenvalue weighted by molar-refractivity contribution is -0.114. The predicted molar refractivity (Wildman–Crippen MR) is 88.2 cm³/mol. The number of hydrogen-bond donors (Lipinski definition) is 1. The smallest absolute Gasteiger partial charge is 0.243 e. The van der Waals surface area contributed by atoms with Crippen LogP contribution in [0.2, 0.25) is 0 Å². The van der Waals surface area contributed by atoms with Crippen molar-refractivity contribution in [3.63, 3.8) is 0 Å². The Balaban J connectivity index is 2.04. The Hall–Kier alpha value is -2.83. The fourth-order valence-electron chi connectivity index (χ4n) is 2.03.